The first-order chi connectivity index (χ1) is 37.9. The first kappa shape index (κ1) is 47.5. The van der Waals surface area contributed by atoms with E-state index in [-0.39, 0.29) is 10.8 Å². The van der Waals surface area contributed by atoms with Crippen molar-refractivity contribution in [3.05, 3.63) is 281 Å². The summed E-state index contributed by atoms with van der Waals surface area (Å²) in [4.78, 5) is 5.02. The van der Waals surface area contributed by atoms with Gasteiger partial charge in [-0.1, -0.05) is 217 Å². The van der Waals surface area contributed by atoms with Gasteiger partial charge in [-0.25, -0.2) is 0 Å². The highest BCUT2D eigenvalue weighted by Crippen LogP contribution is 2.64. The van der Waals surface area contributed by atoms with E-state index in [1.807, 2.05) is 0 Å². The van der Waals surface area contributed by atoms with Crippen LogP contribution in [0.5, 0.6) is 0 Å². The van der Waals surface area contributed by atoms with E-state index >= 15 is 0 Å². The molecule has 1 aromatic heterocycles. The second kappa shape index (κ2) is 18.1. The third-order valence-corrected chi connectivity index (χ3v) is 16.8. The zero-order valence-electron chi connectivity index (χ0n) is 45.3. The van der Waals surface area contributed by atoms with Crippen LogP contribution in [0.4, 0.5) is 34.1 Å². The van der Waals surface area contributed by atoms with Gasteiger partial charge in [-0.3, -0.25) is 0 Å². The molecule has 2 aliphatic rings. The van der Waals surface area contributed by atoms with Crippen molar-refractivity contribution in [1.29, 1.82) is 0 Å². The monoisotopic (exact) mass is 1010 g/mol. The maximum absolute atomic E-state index is 7.57. The fourth-order valence-corrected chi connectivity index (χ4v) is 13.0. The second-order valence-corrected chi connectivity index (χ2v) is 23.6. The van der Waals surface area contributed by atoms with E-state index in [9.17, 15) is 0 Å². The van der Waals surface area contributed by atoms with Gasteiger partial charge in [0.05, 0.1) is 16.8 Å². The highest BCUT2D eigenvalue weighted by molar-refractivity contribution is 6.18. The second-order valence-electron chi connectivity index (χ2n) is 23.6. The van der Waals surface area contributed by atoms with Gasteiger partial charge in [0, 0.05) is 44.6 Å². The SMILES string of the molecule is CC(C)(C)c1ccc(N(c2ccc3ccccc3c2)c2cc3c(c4ccccc24)-c2c(cc(N(c4ccc(C(C)(C)C)cc4)c4ccc5ccccc5c4)c4c5c(oc24)C=CCC5)C3(c2ccccc2)c2ccccc2)cc1. The maximum Gasteiger partial charge on any atom is 0.145 e. The highest BCUT2D eigenvalue weighted by atomic mass is 16.3. The lowest BCUT2D eigenvalue weighted by Gasteiger charge is -2.36. The van der Waals surface area contributed by atoms with Gasteiger partial charge in [0.25, 0.3) is 0 Å². The Morgan fingerprint density at radius 1 is 0.410 bits per heavy atom. The lowest BCUT2D eigenvalue weighted by atomic mass is 9.67. The Morgan fingerprint density at radius 2 is 0.859 bits per heavy atom. The smallest absolute Gasteiger partial charge is 0.145 e. The number of allylic oxidation sites excluding steroid dienone is 1. The van der Waals surface area contributed by atoms with E-state index < -0.39 is 5.41 Å². The molecule has 14 rings (SSSR count). The summed E-state index contributed by atoms with van der Waals surface area (Å²) < 4.78 is 7.57. The van der Waals surface area contributed by atoms with Crippen molar-refractivity contribution in [2.75, 3.05) is 9.80 Å². The quantitative estimate of drug-likeness (QED) is 0.151. The Hall–Kier alpha value is -8.92. The van der Waals surface area contributed by atoms with Crippen molar-refractivity contribution in [3.63, 3.8) is 0 Å². The van der Waals surface area contributed by atoms with Crippen LogP contribution in [-0.2, 0) is 22.7 Å². The number of rotatable bonds is 8. The molecule has 1 heterocycles. The molecule has 0 atom stereocenters. The predicted octanol–water partition coefficient (Wildman–Crippen LogP) is 20.7. The van der Waals surface area contributed by atoms with Gasteiger partial charge in [0.1, 0.15) is 11.3 Å². The van der Waals surface area contributed by atoms with Gasteiger partial charge in [0.2, 0.25) is 0 Å². The molecule has 0 spiro atoms. The van der Waals surface area contributed by atoms with Crippen LogP contribution in [0.3, 0.4) is 0 Å². The molecule has 78 heavy (non-hydrogen) atoms. The van der Waals surface area contributed by atoms with E-state index in [1.165, 1.54) is 71.4 Å². The van der Waals surface area contributed by atoms with Gasteiger partial charge in [-0.05, 0) is 156 Å². The molecule has 11 aromatic carbocycles. The minimum absolute atomic E-state index is 0.00582. The number of furan rings is 1. The molecule has 0 radical (unpaired) electrons. The summed E-state index contributed by atoms with van der Waals surface area (Å²) in [5, 5.41) is 8.32. The zero-order valence-corrected chi connectivity index (χ0v) is 45.3. The van der Waals surface area contributed by atoms with Crippen molar-refractivity contribution in [1.82, 2.24) is 0 Å². The molecule has 0 bridgehead atoms. The molecule has 0 saturated carbocycles. The number of nitrogens with zero attached hydrogens (tertiary/aromatic N) is 2. The van der Waals surface area contributed by atoms with Gasteiger partial charge < -0.3 is 14.2 Å². The fraction of sp³-hybridized carbons (Fsp3) is 0.147. The molecule has 378 valence electrons. The summed E-state index contributed by atoms with van der Waals surface area (Å²) in [5.41, 5.74) is 17.7. The highest BCUT2D eigenvalue weighted by Gasteiger charge is 2.50. The lowest BCUT2D eigenvalue weighted by Crippen LogP contribution is -2.29. The molecular formula is C75H62N2O. The zero-order chi connectivity index (χ0) is 52.9. The molecule has 0 saturated heterocycles. The first-order valence-corrected chi connectivity index (χ1v) is 27.7. The molecule has 0 N–H and O–H groups in total. The molecule has 0 amide bonds. The minimum Gasteiger partial charge on any atom is -0.456 e. The average Bonchev–Trinajstić information content (AvgIpc) is 3.30. The van der Waals surface area contributed by atoms with Crippen LogP contribution in [-0.4, -0.2) is 0 Å². The van der Waals surface area contributed by atoms with E-state index in [0.717, 1.165) is 74.6 Å². The Balaban J connectivity index is 1.14. The van der Waals surface area contributed by atoms with E-state index in [4.69, 9.17) is 4.42 Å². The number of fused-ring (bicyclic) bond motifs is 11. The van der Waals surface area contributed by atoms with Crippen molar-refractivity contribution < 1.29 is 4.42 Å². The van der Waals surface area contributed by atoms with Crippen LogP contribution in [0, 0.1) is 0 Å². The average molecular weight is 1010 g/mol. The van der Waals surface area contributed by atoms with Gasteiger partial charge >= 0.3 is 0 Å². The fourth-order valence-electron chi connectivity index (χ4n) is 13.0. The van der Waals surface area contributed by atoms with Gasteiger partial charge in [0.15, 0.2) is 0 Å². The van der Waals surface area contributed by atoms with Crippen LogP contribution >= 0.6 is 0 Å². The van der Waals surface area contributed by atoms with Crippen LogP contribution in [0.2, 0.25) is 0 Å². The Morgan fingerprint density at radius 3 is 1.40 bits per heavy atom. The molecule has 3 heteroatoms. The van der Waals surface area contributed by atoms with Crippen molar-refractivity contribution in [2.45, 2.75) is 70.6 Å². The van der Waals surface area contributed by atoms with Crippen molar-refractivity contribution >= 4 is 83.5 Å². The van der Waals surface area contributed by atoms with Crippen LogP contribution in [0.1, 0.15) is 92.7 Å². The Kier molecular flexibility index (Phi) is 11.0. The number of anilines is 6. The third-order valence-electron chi connectivity index (χ3n) is 16.8. The van der Waals surface area contributed by atoms with E-state index in [0.29, 0.717) is 0 Å². The number of hydrogen-bond acceptors (Lipinski definition) is 3. The summed E-state index contributed by atoms with van der Waals surface area (Å²) in [6.45, 7) is 13.8. The molecule has 0 aliphatic heterocycles. The number of aryl methyl sites for hydroxylation is 1. The topological polar surface area (TPSA) is 19.6 Å². The maximum atomic E-state index is 7.57. The minimum atomic E-state index is -0.811. The third kappa shape index (κ3) is 7.54. The summed E-state index contributed by atoms with van der Waals surface area (Å²) in [6, 6.07) is 86.6. The number of hydrogen-bond donors (Lipinski definition) is 0. The van der Waals surface area contributed by atoms with Gasteiger partial charge in [-0.2, -0.15) is 0 Å². The molecular weight excluding hydrogens is 945 g/mol. The number of benzene rings is 11. The molecule has 0 unspecified atom stereocenters. The molecule has 3 nitrogen and oxygen atoms in total. The van der Waals surface area contributed by atoms with E-state index in [2.05, 4.69) is 294 Å². The summed E-state index contributed by atoms with van der Waals surface area (Å²) in [6.07, 6.45) is 6.32. The Bertz CT molecular complexity index is 4280. The van der Waals surface area contributed by atoms with Crippen molar-refractivity contribution in [3.8, 4) is 11.1 Å². The summed E-state index contributed by atoms with van der Waals surface area (Å²) in [7, 11) is 0. The van der Waals surface area contributed by atoms with Crippen LogP contribution in [0.15, 0.2) is 241 Å². The van der Waals surface area contributed by atoms with Gasteiger partial charge in [-0.15, -0.1) is 0 Å². The molecule has 2 aliphatic carbocycles. The van der Waals surface area contributed by atoms with Crippen LogP contribution < -0.4 is 9.80 Å². The predicted molar refractivity (Wildman–Crippen MR) is 330 cm³/mol. The summed E-state index contributed by atoms with van der Waals surface area (Å²) in [5.74, 6) is 0.938. The normalized spacial score (nSPS) is 13.7. The Labute approximate surface area is 458 Å². The molecule has 0 fully saturated rings. The summed E-state index contributed by atoms with van der Waals surface area (Å²) >= 11 is 0. The largest absolute Gasteiger partial charge is 0.456 e. The van der Waals surface area contributed by atoms with E-state index in [1.54, 1.807) is 0 Å². The first-order valence-electron chi connectivity index (χ1n) is 27.7. The van der Waals surface area contributed by atoms with Crippen molar-refractivity contribution in [2.24, 2.45) is 0 Å². The molecule has 12 aromatic rings. The standard InChI is InChI=1S/C75H62N2O/c1-73(2,3)53-35-41-57(42-36-53)76(59-39-33-49-21-13-15-23-51(49)45-59)66-47-64-69(62-30-18-17-29-61(62)66)71-65(75(64,55-25-9-7-10-26-55)56-27-11-8-12-28-56)48-67(70-63-31-19-20-32-68(63)78-72(70)71)77(58-43-37-54(38-44-58)74(4,5)6)60-40-34-50-22-14-16-24-52(50)46-60/h7-18,20-30,32-48H,19,31H2,1-6H3. The lowest BCUT2D eigenvalue weighted by molar-refractivity contribution is 0.590. The van der Waals surface area contributed by atoms with Crippen LogP contribution in [0.25, 0.3) is 60.5 Å².